The topological polar surface area (TPSA) is 68.5 Å². The fraction of sp³-hybridized carbons (Fsp3) is 0.923. The van der Waals surface area contributed by atoms with Crippen molar-refractivity contribution >= 4 is 5.97 Å². The molecular weight excluding hydrogens is 390 g/mol. The highest BCUT2D eigenvalue weighted by atomic mass is 16.7. The van der Waals surface area contributed by atoms with Gasteiger partial charge in [0.05, 0.1) is 19.3 Å². The van der Waals surface area contributed by atoms with Crippen molar-refractivity contribution in [3.8, 4) is 6.07 Å². The highest BCUT2D eigenvalue weighted by Crippen LogP contribution is 2.38. The maximum absolute atomic E-state index is 12.9. The Hall–Kier alpha value is -1.12. The fourth-order valence-corrected chi connectivity index (χ4v) is 5.68. The predicted octanol–water partition coefficient (Wildman–Crippen LogP) is 6.16. The molecule has 0 radical (unpaired) electrons. The van der Waals surface area contributed by atoms with Crippen LogP contribution in [0.25, 0.3) is 0 Å². The van der Waals surface area contributed by atoms with Crippen LogP contribution in [-0.2, 0) is 19.0 Å². The zero-order valence-electron chi connectivity index (χ0n) is 19.8. The van der Waals surface area contributed by atoms with Crippen LogP contribution in [0.15, 0.2) is 0 Å². The summed E-state index contributed by atoms with van der Waals surface area (Å²) >= 11 is 0. The Morgan fingerprint density at radius 2 is 1.52 bits per heavy atom. The lowest BCUT2D eigenvalue weighted by atomic mass is 9.79. The summed E-state index contributed by atoms with van der Waals surface area (Å²) in [7, 11) is 0. The lowest BCUT2D eigenvalue weighted by Gasteiger charge is -2.40. The minimum Gasteiger partial charge on any atom is -0.461 e. The summed E-state index contributed by atoms with van der Waals surface area (Å²) < 4.78 is 17.7. The van der Waals surface area contributed by atoms with Gasteiger partial charge in [0, 0.05) is 5.92 Å². The molecule has 0 spiro atoms. The average molecular weight is 434 g/mol. The van der Waals surface area contributed by atoms with E-state index in [4.69, 9.17) is 14.2 Å². The maximum atomic E-state index is 12.9. The first-order chi connectivity index (χ1) is 15.1. The van der Waals surface area contributed by atoms with Crippen LogP contribution in [0.5, 0.6) is 0 Å². The number of ether oxygens (including phenoxy) is 3. The second kappa shape index (κ2) is 12.2. The van der Waals surface area contributed by atoms with Crippen LogP contribution in [0.3, 0.4) is 0 Å². The van der Waals surface area contributed by atoms with Crippen molar-refractivity contribution in [2.45, 2.75) is 116 Å². The number of nitrogens with zero attached hydrogens (tertiary/aromatic N) is 1. The number of unbranched alkanes of at least 4 members (excludes halogenated alkanes) is 2. The SMILES string of the molecule is CCCCCC1CCC(C2OCC(C#N)(C(=O)OC3CCC(CCC)CC3)CO2)CC1. The van der Waals surface area contributed by atoms with Crippen LogP contribution in [-0.4, -0.2) is 31.6 Å². The zero-order valence-corrected chi connectivity index (χ0v) is 19.8. The maximum Gasteiger partial charge on any atom is 0.331 e. The summed E-state index contributed by atoms with van der Waals surface area (Å²) in [5.41, 5.74) is -1.31. The summed E-state index contributed by atoms with van der Waals surface area (Å²) in [4.78, 5) is 12.9. The van der Waals surface area contributed by atoms with Gasteiger partial charge in [-0.15, -0.1) is 0 Å². The van der Waals surface area contributed by atoms with Crippen LogP contribution in [0.1, 0.15) is 104 Å². The predicted molar refractivity (Wildman–Crippen MR) is 120 cm³/mol. The van der Waals surface area contributed by atoms with Gasteiger partial charge in [0.2, 0.25) is 5.41 Å². The summed E-state index contributed by atoms with van der Waals surface area (Å²) in [5, 5.41) is 9.78. The molecule has 176 valence electrons. The molecule has 3 aliphatic rings. The Morgan fingerprint density at radius 3 is 2.10 bits per heavy atom. The van der Waals surface area contributed by atoms with Crippen molar-refractivity contribution in [2.75, 3.05) is 13.2 Å². The first kappa shape index (κ1) is 24.5. The van der Waals surface area contributed by atoms with Gasteiger partial charge in [-0.3, -0.25) is 4.79 Å². The van der Waals surface area contributed by atoms with E-state index < -0.39 is 11.4 Å². The van der Waals surface area contributed by atoms with Gasteiger partial charge >= 0.3 is 5.97 Å². The third kappa shape index (κ3) is 6.68. The molecule has 1 aliphatic heterocycles. The fourth-order valence-electron chi connectivity index (χ4n) is 5.68. The molecule has 0 amide bonds. The van der Waals surface area contributed by atoms with Crippen LogP contribution >= 0.6 is 0 Å². The summed E-state index contributed by atoms with van der Waals surface area (Å²) in [6, 6.07) is 2.17. The molecule has 5 heteroatoms. The zero-order chi connectivity index (χ0) is 22.1. The number of rotatable bonds is 9. The first-order valence-corrected chi connectivity index (χ1v) is 13.0. The number of nitriles is 1. The van der Waals surface area contributed by atoms with E-state index in [-0.39, 0.29) is 25.6 Å². The summed E-state index contributed by atoms with van der Waals surface area (Å²) in [6.07, 6.45) is 16.2. The van der Waals surface area contributed by atoms with Crippen LogP contribution in [0.2, 0.25) is 0 Å². The lowest BCUT2D eigenvalue weighted by Crippen LogP contribution is -2.50. The normalized spacial score (nSPS) is 36.5. The third-order valence-corrected chi connectivity index (χ3v) is 7.85. The highest BCUT2D eigenvalue weighted by molar-refractivity contribution is 5.80. The molecule has 1 saturated heterocycles. The molecule has 3 fully saturated rings. The second-order valence-electron chi connectivity index (χ2n) is 10.3. The van der Waals surface area contributed by atoms with E-state index in [1.165, 1.54) is 51.4 Å². The van der Waals surface area contributed by atoms with Crippen molar-refractivity contribution in [3.05, 3.63) is 0 Å². The van der Waals surface area contributed by atoms with Crippen molar-refractivity contribution in [1.29, 1.82) is 5.26 Å². The number of carbonyl (C=O) groups excluding carboxylic acids is 1. The smallest absolute Gasteiger partial charge is 0.331 e. The van der Waals surface area contributed by atoms with E-state index in [2.05, 4.69) is 19.9 Å². The Labute approximate surface area is 189 Å². The van der Waals surface area contributed by atoms with Gasteiger partial charge in [0.25, 0.3) is 0 Å². The molecule has 0 aromatic heterocycles. The van der Waals surface area contributed by atoms with Crippen molar-refractivity contribution in [1.82, 2.24) is 0 Å². The Kier molecular flexibility index (Phi) is 9.66. The number of esters is 1. The molecule has 3 rings (SSSR count). The summed E-state index contributed by atoms with van der Waals surface area (Å²) in [6.45, 7) is 4.66. The minimum absolute atomic E-state index is 0.0634. The Morgan fingerprint density at radius 1 is 0.903 bits per heavy atom. The molecule has 2 saturated carbocycles. The van der Waals surface area contributed by atoms with E-state index in [1.807, 2.05) is 0 Å². The van der Waals surface area contributed by atoms with Gasteiger partial charge in [0.15, 0.2) is 6.29 Å². The molecule has 0 N–H and O–H groups in total. The van der Waals surface area contributed by atoms with Gasteiger partial charge in [-0.05, 0) is 63.2 Å². The quantitative estimate of drug-likeness (QED) is 0.322. The minimum atomic E-state index is -1.31. The average Bonchev–Trinajstić information content (AvgIpc) is 2.81. The van der Waals surface area contributed by atoms with Gasteiger partial charge in [-0.2, -0.15) is 5.26 Å². The molecule has 0 aromatic rings. The second-order valence-corrected chi connectivity index (χ2v) is 10.3. The molecule has 0 unspecified atom stereocenters. The summed E-state index contributed by atoms with van der Waals surface area (Å²) in [5.74, 6) is 1.52. The Balaban J connectivity index is 1.41. The first-order valence-electron chi connectivity index (χ1n) is 13.0. The van der Waals surface area contributed by atoms with Gasteiger partial charge in [-0.25, -0.2) is 0 Å². The van der Waals surface area contributed by atoms with Crippen molar-refractivity contribution in [3.63, 3.8) is 0 Å². The van der Waals surface area contributed by atoms with Gasteiger partial charge < -0.3 is 14.2 Å². The number of hydrogen-bond acceptors (Lipinski definition) is 5. The van der Waals surface area contributed by atoms with Crippen molar-refractivity contribution in [2.24, 2.45) is 23.2 Å². The molecule has 0 bridgehead atoms. The van der Waals surface area contributed by atoms with Crippen LogP contribution < -0.4 is 0 Å². The van der Waals surface area contributed by atoms with Crippen molar-refractivity contribution < 1.29 is 19.0 Å². The third-order valence-electron chi connectivity index (χ3n) is 7.85. The largest absolute Gasteiger partial charge is 0.461 e. The standard InChI is InChI=1S/C26H43NO4/c1-3-5-6-8-21-9-13-22(14-10-21)24-29-18-26(17-27,19-30-24)25(28)31-23-15-11-20(7-4-2)12-16-23/h20-24H,3-16,18-19H2,1-2H3. The molecule has 31 heavy (non-hydrogen) atoms. The monoisotopic (exact) mass is 433 g/mol. The lowest BCUT2D eigenvalue weighted by molar-refractivity contribution is -0.247. The molecule has 1 heterocycles. The van der Waals surface area contributed by atoms with E-state index in [1.54, 1.807) is 0 Å². The highest BCUT2D eigenvalue weighted by Gasteiger charge is 2.48. The Bertz CT molecular complexity index is 577. The van der Waals surface area contributed by atoms with Gasteiger partial charge in [-0.1, -0.05) is 52.4 Å². The number of hydrogen-bond donors (Lipinski definition) is 0. The molecule has 2 aliphatic carbocycles. The number of carbonyl (C=O) groups is 1. The molecule has 0 atom stereocenters. The molecular formula is C26H43NO4. The van der Waals surface area contributed by atoms with E-state index in [0.717, 1.165) is 50.4 Å². The molecule has 5 nitrogen and oxygen atoms in total. The van der Waals surface area contributed by atoms with E-state index in [0.29, 0.717) is 5.92 Å². The van der Waals surface area contributed by atoms with Crippen LogP contribution in [0, 0.1) is 34.5 Å². The van der Waals surface area contributed by atoms with E-state index in [9.17, 15) is 10.1 Å². The van der Waals surface area contributed by atoms with E-state index >= 15 is 0 Å². The van der Waals surface area contributed by atoms with Crippen LogP contribution in [0.4, 0.5) is 0 Å². The van der Waals surface area contributed by atoms with Gasteiger partial charge in [0.1, 0.15) is 6.10 Å². The molecule has 0 aromatic carbocycles.